The van der Waals surface area contributed by atoms with Gasteiger partial charge < -0.3 is 10.2 Å². The molecule has 28 heavy (non-hydrogen) atoms. The maximum absolute atomic E-state index is 13.2. The fraction of sp³-hybridized carbons (Fsp3) is 0.650. The Morgan fingerprint density at radius 1 is 1.00 bits per heavy atom. The van der Waals surface area contributed by atoms with Gasteiger partial charge in [0.25, 0.3) is 5.91 Å². The molecule has 1 aromatic carbocycles. The summed E-state index contributed by atoms with van der Waals surface area (Å²) in [5, 5.41) is 3.40. The molecule has 1 amide bonds. The van der Waals surface area contributed by atoms with Crippen molar-refractivity contribution in [1.82, 2.24) is 14.5 Å². The van der Waals surface area contributed by atoms with Crippen molar-refractivity contribution in [2.24, 2.45) is 0 Å². The lowest BCUT2D eigenvalue weighted by Gasteiger charge is -2.28. The van der Waals surface area contributed by atoms with Crippen molar-refractivity contribution in [3.05, 3.63) is 29.8 Å². The summed E-state index contributed by atoms with van der Waals surface area (Å²) < 4.78 is 27.7. The van der Waals surface area contributed by atoms with E-state index in [0.717, 1.165) is 58.0 Å². The zero-order valence-electron chi connectivity index (χ0n) is 16.2. The molecule has 2 unspecified atom stereocenters. The van der Waals surface area contributed by atoms with Gasteiger partial charge in [0.05, 0.1) is 4.90 Å². The number of halogens is 1. The second-order valence-corrected chi connectivity index (χ2v) is 9.87. The summed E-state index contributed by atoms with van der Waals surface area (Å²) in [6.45, 7) is 2.91. The Morgan fingerprint density at radius 3 is 2.46 bits per heavy atom. The molecule has 0 radical (unpaired) electrons. The summed E-state index contributed by atoms with van der Waals surface area (Å²) in [7, 11) is -3.54. The van der Waals surface area contributed by atoms with Crippen LogP contribution in [-0.4, -0.2) is 61.8 Å². The molecule has 1 aromatic rings. The van der Waals surface area contributed by atoms with Crippen LogP contribution >= 0.6 is 12.4 Å². The predicted octanol–water partition coefficient (Wildman–Crippen LogP) is 2.64. The van der Waals surface area contributed by atoms with Crippen molar-refractivity contribution in [3.8, 4) is 0 Å². The van der Waals surface area contributed by atoms with Crippen LogP contribution in [0.2, 0.25) is 0 Å². The Labute approximate surface area is 174 Å². The van der Waals surface area contributed by atoms with Gasteiger partial charge in [-0.1, -0.05) is 18.9 Å². The number of hydrogen-bond donors (Lipinski definition) is 1. The van der Waals surface area contributed by atoms with E-state index in [2.05, 4.69) is 5.32 Å². The van der Waals surface area contributed by atoms with Crippen molar-refractivity contribution in [1.29, 1.82) is 0 Å². The molecule has 4 rings (SSSR count). The summed E-state index contributed by atoms with van der Waals surface area (Å²) in [4.78, 5) is 15.5. The Kier molecular flexibility index (Phi) is 7.02. The molecule has 0 spiro atoms. The Bertz CT molecular complexity index is 780. The molecule has 2 bridgehead atoms. The van der Waals surface area contributed by atoms with Crippen molar-refractivity contribution < 1.29 is 13.2 Å². The molecule has 3 saturated heterocycles. The zero-order chi connectivity index (χ0) is 18.9. The third kappa shape index (κ3) is 4.22. The molecule has 1 N–H and O–H groups in total. The first-order valence-electron chi connectivity index (χ1n) is 10.2. The normalized spacial score (nSPS) is 26.2. The van der Waals surface area contributed by atoms with Crippen LogP contribution in [0.4, 0.5) is 0 Å². The van der Waals surface area contributed by atoms with Gasteiger partial charge in [-0.05, 0) is 56.8 Å². The highest BCUT2D eigenvalue weighted by molar-refractivity contribution is 7.89. The smallest absolute Gasteiger partial charge is 0.254 e. The van der Waals surface area contributed by atoms with E-state index in [-0.39, 0.29) is 35.3 Å². The Hall–Kier alpha value is -1.15. The molecule has 6 nitrogen and oxygen atoms in total. The van der Waals surface area contributed by atoms with Gasteiger partial charge in [-0.25, -0.2) is 8.42 Å². The quantitative estimate of drug-likeness (QED) is 0.805. The van der Waals surface area contributed by atoms with Crippen LogP contribution < -0.4 is 5.32 Å². The topological polar surface area (TPSA) is 69.7 Å². The van der Waals surface area contributed by atoms with Crippen LogP contribution in [-0.2, 0) is 10.0 Å². The van der Waals surface area contributed by atoms with Crippen LogP contribution in [0.15, 0.2) is 29.2 Å². The summed E-state index contributed by atoms with van der Waals surface area (Å²) in [5.41, 5.74) is 0.490. The van der Waals surface area contributed by atoms with E-state index < -0.39 is 10.0 Å². The average Bonchev–Trinajstić information content (AvgIpc) is 2.84. The number of fused-ring (bicyclic) bond motifs is 2. The van der Waals surface area contributed by atoms with Crippen LogP contribution in [0.25, 0.3) is 0 Å². The fourth-order valence-corrected chi connectivity index (χ4v) is 6.25. The minimum absolute atomic E-state index is 0. The highest BCUT2D eigenvalue weighted by Gasteiger charge is 2.38. The molecule has 0 aliphatic carbocycles. The second-order valence-electron chi connectivity index (χ2n) is 7.94. The number of carbonyl (C=O) groups is 1. The number of sulfonamides is 1. The minimum atomic E-state index is -3.54. The van der Waals surface area contributed by atoms with Crippen LogP contribution in [0.5, 0.6) is 0 Å². The van der Waals surface area contributed by atoms with Gasteiger partial charge in [-0.3, -0.25) is 4.79 Å². The van der Waals surface area contributed by atoms with E-state index in [1.165, 1.54) is 0 Å². The van der Waals surface area contributed by atoms with E-state index in [1.54, 1.807) is 28.6 Å². The standard InChI is InChI=1S/C20H29N3O3S.ClH/c24-20(23-17-8-9-18(23)15-21-11-10-17)16-6-5-7-19(14-16)27(25,26)22-12-3-1-2-4-13-22;/h5-7,14,17-18,21H,1-4,8-13,15H2;1H. The Balaban J connectivity index is 0.00000225. The second kappa shape index (κ2) is 9.11. The lowest BCUT2D eigenvalue weighted by Crippen LogP contribution is -2.42. The SMILES string of the molecule is Cl.O=C(c1cccc(S(=O)(=O)N2CCCCCC2)c1)N1C2CCNCC1CC2. The molecule has 3 aliphatic heterocycles. The van der Waals surface area contributed by atoms with Crippen LogP contribution in [0.1, 0.15) is 55.3 Å². The maximum atomic E-state index is 13.2. The summed E-state index contributed by atoms with van der Waals surface area (Å²) in [6, 6.07) is 7.15. The predicted molar refractivity (Wildman–Crippen MR) is 111 cm³/mol. The van der Waals surface area contributed by atoms with Crippen molar-refractivity contribution in [3.63, 3.8) is 0 Å². The first kappa shape index (κ1) is 21.6. The van der Waals surface area contributed by atoms with E-state index >= 15 is 0 Å². The van der Waals surface area contributed by atoms with Gasteiger partial charge in [0.1, 0.15) is 0 Å². The fourth-order valence-electron chi connectivity index (χ4n) is 4.68. The maximum Gasteiger partial charge on any atom is 0.254 e. The van der Waals surface area contributed by atoms with Gasteiger partial charge in [0, 0.05) is 37.3 Å². The minimum Gasteiger partial charge on any atom is -0.331 e. The molecule has 3 heterocycles. The van der Waals surface area contributed by atoms with E-state index in [0.29, 0.717) is 18.7 Å². The number of rotatable bonds is 3. The average molecular weight is 428 g/mol. The van der Waals surface area contributed by atoms with E-state index in [4.69, 9.17) is 0 Å². The van der Waals surface area contributed by atoms with Crippen molar-refractivity contribution in [2.45, 2.75) is 61.9 Å². The highest BCUT2D eigenvalue weighted by atomic mass is 35.5. The number of carbonyl (C=O) groups excluding carboxylic acids is 1. The van der Waals surface area contributed by atoms with Crippen molar-refractivity contribution in [2.75, 3.05) is 26.2 Å². The molecular weight excluding hydrogens is 398 g/mol. The summed E-state index contributed by atoms with van der Waals surface area (Å²) >= 11 is 0. The largest absolute Gasteiger partial charge is 0.331 e. The first-order chi connectivity index (χ1) is 13.1. The zero-order valence-corrected chi connectivity index (χ0v) is 17.8. The third-order valence-corrected chi connectivity index (χ3v) is 8.07. The monoisotopic (exact) mass is 427 g/mol. The van der Waals surface area contributed by atoms with Gasteiger partial charge in [-0.2, -0.15) is 4.31 Å². The van der Waals surface area contributed by atoms with Crippen LogP contribution in [0, 0.1) is 0 Å². The molecule has 0 saturated carbocycles. The first-order valence-corrected chi connectivity index (χ1v) is 11.6. The lowest BCUT2D eigenvalue weighted by atomic mass is 10.1. The third-order valence-electron chi connectivity index (χ3n) is 6.17. The van der Waals surface area contributed by atoms with E-state index in [9.17, 15) is 13.2 Å². The number of benzene rings is 1. The number of amides is 1. The lowest BCUT2D eigenvalue weighted by molar-refractivity contribution is 0.0680. The molecule has 3 fully saturated rings. The van der Waals surface area contributed by atoms with E-state index in [1.807, 2.05) is 4.90 Å². The molecule has 0 aromatic heterocycles. The molecular formula is C20H30ClN3O3S. The van der Waals surface area contributed by atoms with Crippen molar-refractivity contribution >= 4 is 28.3 Å². The summed E-state index contributed by atoms with van der Waals surface area (Å²) in [5.74, 6) is -0.0286. The van der Waals surface area contributed by atoms with Crippen LogP contribution in [0.3, 0.4) is 0 Å². The Morgan fingerprint density at radius 2 is 1.71 bits per heavy atom. The molecule has 2 atom stereocenters. The van der Waals surface area contributed by atoms with Gasteiger partial charge in [0.2, 0.25) is 10.0 Å². The highest BCUT2D eigenvalue weighted by Crippen LogP contribution is 2.30. The molecule has 3 aliphatic rings. The van der Waals surface area contributed by atoms with Gasteiger partial charge in [-0.15, -0.1) is 12.4 Å². The molecule has 8 heteroatoms. The molecule has 156 valence electrons. The summed E-state index contributed by atoms with van der Waals surface area (Å²) in [6.07, 6.45) is 7.00. The van der Waals surface area contributed by atoms with Gasteiger partial charge >= 0.3 is 0 Å². The van der Waals surface area contributed by atoms with Gasteiger partial charge in [0.15, 0.2) is 0 Å². The number of nitrogens with zero attached hydrogens (tertiary/aromatic N) is 2. The number of hydrogen-bond acceptors (Lipinski definition) is 4. The number of nitrogens with one attached hydrogen (secondary N) is 1.